The second kappa shape index (κ2) is 11.0. The largest absolute Gasteiger partial charge is 0.479 e. The van der Waals surface area contributed by atoms with E-state index in [4.69, 9.17) is 24.1 Å². The van der Waals surface area contributed by atoms with E-state index in [9.17, 15) is 29.7 Å². The van der Waals surface area contributed by atoms with Crippen LogP contribution in [0.3, 0.4) is 0 Å². The second-order valence-corrected chi connectivity index (χ2v) is 6.71. The number of aliphatic hydroxyl groups is 3. The fraction of sp³-hybridized carbons (Fsp3) is 0.526. The summed E-state index contributed by atoms with van der Waals surface area (Å²) >= 11 is 0. The van der Waals surface area contributed by atoms with Crippen LogP contribution in [0.2, 0.25) is 0 Å². The molecule has 0 radical (unpaired) electrons. The van der Waals surface area contributed by atoms with Crippen LogP contribution >= 0.6 is 0 Å². The van der Waals surface area contributed by atoms with E-state index in [-0.39, 0.29) is 31.1 Å². The molecule has 172 valence electrons. The van der Waals surface area contributed by atoms with E-state index in [0.29, 0.717) is 5.56 Å². The fourth-order valence-corrected chi connectivity index (χ4v) is 2.77. The van der Waals surface area contributed by atoms with Crippen LogP contribution < -0.4 is 10.1 Å². The van der Waals surface area contributed by atoms with Gasteiger partial charge < -0.3 is 44.7 Å². The van der Waals surface area contributed by atoms with Gasteiger partial charge in [0.05, 0.1) is 12.2 Å². The van der Waals surface area contributed by atoms with Crippen molar-refractivity contribution in [3.8, 4) is 5.75 Å². The third-order valence-corrected chi connectivity index (χ3v) is 4.38. The van der Waals surface area contributed by atoms with Crippen LogP contribution in [0.5, 0.6) is 5.75 Å². The third-order valence-electron chi connectivity index (χ3n) is 4.38. The lowest BCUT2D eigenvalue weighted by atomic mass is 9.99. The molecule has 1 amide bonds. The van der Waals surface area contributed by atoms with Gasteiger partial charge >= 0.3 is 11.9 Å². The Morgan fingerprint density at radius 2 is 1.84 bits per heavy atom. The molecule has 1 heterocycles. The smallest absolute Gasteiger partial charge is 0.335 e. The summed E-state index contributed by atoms with van der Waals surface area (Å²) in [5.74, 6) is -2.77. The van der Waals surface area contributed by atoms with E-state index in [0.717, 1.165) is 0 Å². The molecule has 31 heavy (non-hydrogen) atoms. The number of rotatable bonds is 9. The number of hydrogen-bond donors (Lipinski definition) is 5. The number of aliphatic carboxylic acids is 1. The van der Waals surface area contributed by atoms with E-state index in [1.165, 1.54) is 32.2 Å². The van der Waals surface area contributed by atoms with E-state index in [1.54, 1.807) is 0 Å². The van der Waals surface area contributed by atoms with Crippen molar-refractivity contribution in [3.05, 3.63) is 29.3 Å². The van der Waals surface area contributed by atoms with Gasteiger partial charge in [-0.2, -0.15) is 0 Å². The Balaban J connectivity index is 2.29. The topological polar surface area (TPSA) is 181 Å². The van der Waals surface area contributed by atoms with Crippen LogP contribution in [0.1, 0.15) is 22.8 Å². The van der Waals surface area contributed by atoms with Gasteiger partial charge in [-0.15, -0.1) is 0 Å². The molecule has 1 fully saturated rings. The summed E-state index contributed by atoms with van der Waals surface area (Å²) in [4.78, 5) is 34.9. The minimum absolute atomic E-state index is 0.0240. The van der Waals surface area contributed by atoms with Crippen molar-refractivity contribution in [2.24, 2.45) is 0 Å². The Bertz CT molecular complexity index is 799. The summed E-state index contributed by atoms with van der Waals surface area (Å²) in [6, 6.07) is 4.21. The number of nitrogens with one attached hydrogen (secondary N) is 1. The highest BCUT2D eigenvalue weighted by Crippen LogP contribution is 2.28. The molecule has 5 atom stereocenters. The number of carboxylic acid groups (broad SMARTS) is 1. The van der Waals surface area contributed by atoms with Crippen molar-refractivity contribution < 1.29 is 53.8 Å². The van der Waals surface area contributed by atoms with Gasteiger partial charge in [0.25, 0.3) is 5.91 Å². The summed E-state index contributed by atoms with van der Waals surface area (Å²) < 4.78 is 20.4. The Labute approximate surface area is 177 Å². The molecular formula is C19H25NO11. The van der Waals surface area contributed by atoms with Crippen molar-refractivity contribution in [3.63, 3.8) is 0 Å². The molecule has 2 rings (SSSR count). The minimum Gasteiger partial charge on any atom is -0.479 e. The predicted molar refractivity (Wildman–Crippen MR) is 101 cm³/mol. The summed E-state index contributed by atoms with van der Waals surface area (Å²) in [6.45, 7) is 1.54. The number of methoxy groups -OCH3 is 1. The molecule has 1 aromatic rings. The first-order valence-electron chi connectivity index (χ1n) is 9.28. The number of carbonyl (C=O) groups excluding carboxylic acids is 2. The van der Waals surface area contributed by atoms with Crippen LogP contribution in [-0.2, 0) is 30.4 Å². The molecule has 0 saturated carbocycles. The summed E-state index contributed by atoms with van der Waals surface area (Å²) in [5.41, 5.74) is 0.437. The number of aliphatic hydroxyl groups excluding tert-OH is 3. The maximum Gasteiger partial charge on any atom is 0.335 e. The highest BCUT2D eigenvalue weighted by atomic mass is 16.7. The third kappa shape index (κ3) is 6.35. The van der Waals surface area contributed by atoms with Crippen molar-refractivity contribution in [1.29, 1.82) is 0 Å². The Morgan fingerprint density at radius 3 is 2.45 bits per heavy atom. The van der Waals surface area contributed by atoms with Gasteiger partial charge in [0.2, 0.25) is 6.29 Å². The second-order valence-electron chi connectivity index (χ2n) is 6.71. The average molecular weight is 443 g/mol. The molecule has 1 aromatic carbocycles. The van der Waals surface area contributed by atoms with Crippen LogP contribution in [0, 0.1) is 0 Å². The maximum absolute atomic E-state index is 12.6. The zero-order chi connectivity index (χ0) is 23.1. The zero-order valence-corrected chi connectivity index (χ0v) is 16.9. The first-order valence-corrected chi connectivity index (χ1v) is 9.28. The highest BCUT2D eigenvalue weighted by Gasteiger charge is 2.48. The van der Waals surface area contributed by atoms with Gasteiger partial charge in [0, 0.05) is 20.6 Å². The van der Waals surface area contributed by atoms with E-state index >= 15 is 0 Å². The Morgan fingerprint density at radius 1 is 1.13 bits per heavy atom. The van der Waals surface area contributed by atoms with Gasteiger partial charge in [-0.05, 0) is 17.7 Å². The SMILES string of the molecule is COCCNC(=O)c1cc(COC(C)=O)ccc1O[C@@H]1O[C@H](C(=O)O)[C@@H](O)[C@H](O)[C@H]1O. The Hall–Kier alpha value is -2.77. The standard InChI is InChI=1S/C19H25NO11/c1-9(21)29-8-10-3-4-12(11(7-10)17(25)20-5-6-28-2)30-19-15(24)13(22)14(23)16(31-19)18(26)27/h3-4,7,13-16,19,22-24H,5-6,8H2,1-2H3,(H,20,25)(H,26,27)/t13-,14-,15+,16-,19+/m0/s1. The van der Waals surface area contributed by atoms with E-state index in [2.05, 4.69) is 5.32 Å². The lowest BCUT2D eigenvalue weighted by Gasteiger charge is -2.38. The van der Waals surface area contributed by atoms with Gasteiger partial charge in [-0.25, -0.2) is 4.79 Å². The molecule has 12 heteroatoms. The van der Waals surface area contributed by atoms with Gasteiger partial charge in [-0.1, -0.05) is 6.07 Å². The summed E-state index contributed by atoms with van der Waals surface area (Å²) in [5, 5.41) is 41.6. The monoisotopic (exact) mass is 443 g/mol. The minimum atomic E-state index is -1.88. The van der Waals surface area contributed by atoms with Crippen LogP contribution in [0.15, 0.2) is 18.2 Å². The first-order chi connectivity index (χ1) is 14.6. The normalized spacial score (nSPS) is 25.5. The molecular weight excluding hydrogens is 418 g/mol. The van der Waals surface area contributed by atoms with Gasteiger partial charge in [-0.3, -0.25) is 9.59 Å². The molecule has 1 aliphatic heterocycles. The molecule has 12 nitrogen and oxygen atoms in total. The van der Waals surface area contributed by atoms with Crippen molar-refractivity contribution in [1.82, 2.24) is 5.32 Å². The molecule has 1 saturated heterocycles. The molecule has 1 aliphatic rings. The average Bonchev–Trinajstić information content (AvgIpc) is 2.72. The molecule has 0 spiro atoms. The van der Waals surface area contributed by atoms with Crippen molar-refractivity contribution >= 4 is 17.8 Å². The van der Waals surface area contributed by atoms with Gasteiger partial charge in [0.1, 0.15) is 30.7 Å². The number of ether oxygens (including phenoxy) is 4. The highest BCUT2D eigenvalue weighted by molar-refractivity contribution is 5.97. The number of hydrogen-bond acceptors (Lipinski definition) is 10. The molecule has 0 unspecified atom stereocenters. The van der Waals surface area contributed by atoms with E-state index < -0.39 is 48.6 Å². The van der Waals surface area contributed by atoms with E-state index in [1.807, 2.05) is 0 Å². The number of esters is 1. The lowest BCUT2D eigenvalue weighted by molar-refractivity contribution is -0.271. The number of benzene rings is 1. The molecule has 0 aromatic heterocycles. The first kappa shape index (κ1) is 24.5. The van der Waals surface area contributed by atoms with Gasteiger partial charge in [0.15, 0.2) is 6.10 Å². The van der Waals surface area contributed by atoms with Crippen LogP contribution in [0.4, 0.5) is 0 Å². The maximum atomic E-state index is 12.6. The number of amides is 1. The molecule has 0 aliphatic carbocycles. The predicted octanol–water partition coefficient (Wildman–Crippen LogP) is -1.60. The molecule has 5 N–H and O–H groups in total. The summed E-state index contributed by atoms with van der Waals surface area (Å²) in [7, 11) is 1.46. The van der Waals surface area contributed by atoms with Crippen molar-refractivity contribution in [2.75, 3.05) is 20.3 Å². The van der Waals surface area contributed by atoms with Crippen molar-refractivity contribution in [2.45, 2.75) is 44.2 Å². The molecule has 0 bridgehead atoms. The quantitative estimate of drug-likeness (QED) is 0.219. The fourth-order valence-electron chi connectivity index (χ4n) is 2.77. The zero-order valence-electron chi connectivity index (χ0n) is 16.9. The summed E-state index contributed by atoms with van der Waals surface area (Å²) in [6.07, 6.45) is -9.08. The van der Waals surface area contributed by atoms with Crippen LogP contribution in [0.25, 0.3) is 0 Å². The Kier molecular flexibility index (Phi) is 8.71. The number of carboxylic acids is 1. The number of carbonyl (C=O) groups is 3. The van der Waals surface area contributed by atoms with Crippen LogP contribution in [-0.4, -0.2) is 89.2 Å². The lowest BCUT2D eigenvalue weighted by Crippen LogP contribution is -2.61.